The zero-order valence-corrected chi connectivity index (χ0v) is 29.1. The Kier molecular flexibility index (Phi) is 7.88. The normalized spacial score (nSPS) is 39.4. The molecule has 1 N–H and O–H groups in total. The van der Waals surface area contributed by atoms with Gasteiger partial charge in [0.05, 0.1) is 5.41 Å². The Morgan fingerprint density at radius 2 is 1.66 bits per heavy atom. The Balaban J connectivity index is 1.37. The van der Waals surface area contributed by atoms with Gasteiger partial charge in [0.25, 0.3) is 0 Å². The number of anilines is 1. The highest BCUT2D eigenvalue weighted by molar-refractivity contribution is 6.09. The van der Waals surface area contributed by atoms with E-state index >= 15 is 0 Å². The number of fused-ring (bicyclic) bond motifs is 7. The van der Waals surface area contributed by atoms with Crippen molar-refractivity contribution in [3.05, 3.63) is 29.1 Å². The fourth-order valence-electron chi connectivity index (χ4n) is 12.1. The number of ether oxygens (including phenoxy) is 1. The molecule has 8 atom stereocenters. The van der Waals surface area contributed by atoms with E-state index in [9.17, 15) is 27.6 Å². The molecule has 0 unspecified atom stereocenters. The summed E-state index contributed by atoms with van der Waals surface area (Å²) in [6, 6.07) is 0.777. The molecular formula is C37H50F3N3O4. The monoisotopic (exact) mass is 657 g/mol. The molecule has 1 aromatic heterocycles. The summed E-state index contributed by atoms with van der Waals surface area (Å²) in [5.74, 6) is -0.408. The highest BCUT2D eigenvalue weighted by Crippen LogP contribution is 2.76. The van der Waals surface area contributed by atoms with E-state index in [-0.39, 0.29) is 57.8 Å². The average Bonchev–Trinajstić information content (AvgIpc) is 3.28. The summed E-state index contributed by atoms with van der Waals surface area (Å²) in [5.41, 5.74) is -0.961. The van der Waals surface area contributed by atoms with Crippen LogP contribution in [-0.4, -0.2) is 33.7 Å². The molecule has 1 aromatic rings. The molecule has 0 spiro atoms. The van der Waals surface area contributed by atoms with Gasteiger partial charge in [0.1, 0.15) is 11.8 Å². The molecule has 4 saturated carbocycles. The Bertz CT molecular complexity index is 1540. The Morgan fingerprint density at radius 3 is 2.30 bits per heavy atom. The van der Waals surface area contributed by atoms with Crippen molar-refractivity contribution in [3.8, 4) is 0 Å². The SMILES string of the molecule is CC(=O)O[C@H]1CC[C@]2(C)[C@H]3CC[C@@H]4C5=C(C(C)C)C(=O)C[C@]5(C(=O)Nc5nccc(C(F)(F)F)n5)CC[C@@]4(C)[C@]3(C)CC[C@H]2C1(C)C. The molecular weight excluding hydrogens is 607 g/mol. The predicted molar refractivity (Wildman–Crippen MR) is 171 cm³/mol. The van der Waals surface area contributed by atoms with E-state index in [0.717, 1.165) is 68.4 Å². The molecule has 10 heteroatoms. The van der Waals surface area contributed by atoms with Crippen molar-refractivity contribution in [1.29, 1.82) is 0 Å². The van der Waals surface area contributed by atoms with E-state index < -0.39 is 29.1 Å². The van der Waals surface area contributed by atoms with E-state index in [4.69, 9.17) is 4.74 Å². The molecule has 5 aliphatic carbocycles. The van der Waals surface area contributed by atoms with Gasteiger partial charge in [0.2, 0.25) is 11.9 Å². The van der Waals surface area contributed by atoms with Crippen LogP contribution >= 0.6 is 0 Å². The van der Waals surface area contributed by atoms with Gasteiger partial charge in [-0.05, 0) is 108 Å². The second kappa shape index (κ2) is 10.9. The summed E-state index contributed by atoms with van der Waals surface area (Å²) in [6.45, 7) is 17.3. The Morgan fingerprint density at radius 1 is 0.957 bits per heavy atom. The second-order valence-electron chi connectivity index (χ2n) is 17.0. The molecule has 5 aliphatic rings. The molecule has 0 bridgehead atoms. The van der Waals surface area contributed by atoms with Crippen LogP contribution in [0.5, 0.6) is 0 Å². The highest BCUT2D eigenvalue weighted by atomic mass is 19.4. The number of amides is 1. The van der Waals surface area contributed by atoms with Gasteiger partial charge < -0.3 is 4.74 Å². The standard InChI is InChI=1S/C37H50F3N3O4/c1-20(2)28-23(45)19-36(30(46)43-31-41-18-13-26(42-31)37(38,39)40)17-16-34(7)22(29(28)36)9-10-25-33(6)14-12-27(47-21(3)44)32(4,5)24(33)11-15-35(25,34)8/h13,18,20,22,24-25,27H,9-12,14-17,19H2,1-8H3,(H,41,42,43,46)/t22-,24+,25-,27+,33+,34-,35-,36-/m1/s1. The maximum Gasteiger partial charge on any atom is 0.433 e. The van der Waals surface area contributed by atoms with Crippen molar-refractivity contribution in [2.45, 2.75) is 125 Å². The van der Waals surface area contributed by atoms with Crippen LogP contribution in [0.3, 0.4) is 0 Å². The molecule has 0 aliphatic heterocycles. The largest absolute Gasteiger partial charge is 0.462 e. The number of hydrogen-bond acceptors (Lipinski definition) is 6. The van der Waals surface area contributed by atoms with Crippen LogP contribution in [0.4, 0.5) is 19.1 Å². The lowest BCUT2D eigenvalue weighted by Crippen LogP contribution is -2.66. The van der Waals surface area contributed by atoms with E-state index in [1.165, 1.54) is 6.92 Å². The third-order valence-corrected chi connectivity index (χ3v) is 14.3. The lowest BCUT2D eigenvalue weighted by Gasteiger charge is -2.72. The van der Waals surface area contributed by atoms with Crippen molar-refractivity contribution in [2.75, 3.05) is 5.32 Å². The number of esters is 1. The summed E-state index contributed by atoms with van der Waals surface area (Å²) < 4.78 is 46.2. The van der Waals surface area contributed by atoms with E-state index in [1.807, 2.05) is 13.8 Å². The smallest absolute Gasteiger partial charge is 0.433 e. The fourth-order valence-corrected chi connectivity index (χ4v) is 12.1. The molecule has 0 radical (unpaired) electrons. The highest BCUT2D eigenvalue weighted by Gasteiger charge is 2.71. The van der Waals surface area contributed by atoms with Crippen molar-refractivity contribution >= 4 is 23.6 Å². The molecule has 7 nitrogen and oxygen atoms in total. The number of nitrogens with one attached hydrogen (secondary N) is 1. The number of halogens is 3. The molecule has 6 rings (SSSR count). The third kappa shape index (κ3) is 4.84. The van der Waals surface area contributed by atoms with Gasteiger partial charge in [-0.3, -0.25) is 19.7 Å². The minimum Gasteiger partial charge on any atom is -0.462 e. The van der Waals surface area contributed by atoms with E-state index in [2.05, 4.69) is 49.9 Å². The lowest BCUT2D eigenvalue weighted by atomic mass is 9.33. The molecule has 0 aromatic carbocycles. The van der Waals surface area contributed by atoms with Crippen LogP contribution in [0.25, 0.3) is 0 Å². The second-order valence-corrected chi connectivity index (χ2v) is 17.0. The number of carbonyl (C=O) groups excluding carboxylic acids is 3. The Hall–Kier alpha value is -2.78. The van der Waals surface area contributed by atoms with Crippen molar-refractivity contribution < 1.29 is 32.3 Å². The van der Waals surface area contributed by atoms with E-state index in [0.29, 0.717) is 18.3 Å². The number of ketones is 1. The van der Waals surface area contributed by atoms with Crippen molar-refractivity contribution in [1.82, 2.24) is 9.97 Å². The van der Waals surface area contributed by atoms with Crippen molar-refractivity contribution in [3.63, 3.8) is 0 Å². The molecule has 1 amide bonds. The van der Waals surface area contributed by atoms with Gasteiger partial charge in [0, 0.05) is 25.0 Å². The first-order valence-electron chi connectivity index (χ1n) is 17.4. The van der Waals surface area contributed by atoms with Gasteiger partial charge in [-0.2, -0.15) is 13.2 Å². The van der Waals surface area contributed by atoms with Crippen LogP contribution in [-0.2, 0) is 25.3 Å². The fraction of sp³-hybridized carbons (Fsp3) is 0.757. The lowest BCUT2D eigenvalue weighted by molar-refractivity contribution is -0.232. The van der Waals surface area contributed by atoms with Gasteiger partial charge in [-0.15, -0.1) is 0 Å². The van der Waals surface area contributed by atoms with Gasteiger partial charge in [-0.25, -0.2) is 9.97 Å². The quantitative estimate of drug-likeness (QED) is 0.327. The topological polar surface area (TPSA) is 98.2 Å². The van der Waals surface area contributed by atoms with E-state index in [1.54, 1.807) is 0 Å². The first-order valence-corrected chi connectivity index (χ1v) is 17.4. The zero-order chi connectivity index (χ0) is 34.5. The zero-order valence-electron chi connectivity index (χ0n) is 29.1. The molecule has 258 valence electrons. The van der Waals surface area contributed by atoms with Gasteiger partial charge in [0.15, 0.2) is 5.78 Å². The average molecular weight is 658 g/mol. The first kappa shape index (κ1) is 34.1. The minimum atomic E-state index is -4.68. The summed E-state index contributed by atoms with van der Waals surface area (Å²) in [5, 5.41) is 2.63. The number of allylic oxidation sites excluding steroid dienone is 1. The first-order chi connectivity index (χ1) is 21.7. The van der Waals surface area contributed by atoms with Crippen LogP contribution in [0.2, 0.25) is 0 Å². The molecule has 1 heterocycles. The third-order valence-electron chi connectivity index (χ3n) is 14.3. The maximum absolute atomic E-state index is 14.3. The van der Waals surface area contributed by atoms with Gasteiger partial charge >= 0.3 is 12.1 Å². The summed E-state index contributed by atoms with van der Waals surface area (Å²) in [6.07, 6.45) is 3.10. The summed E-state index contributed by atoms with van der Waals surface area (Å²) >= 11 is 0. The molecule has 0 saturated heterocycles. The van der Waals surface area contributed by atoms with Crippen molar-refractivity contribution in [2.24, 2.45) is 50.7 Å². The van der Waals surface area contributed by atoms with Crippen LogP contribution in [0.1, 0.15) is 119 Å². The number of rotatable bonds is 4. The van der Waals surface area contributed by atoms with Gasteiger partial charge in [-0.1, -0.05) is 48.5 Å². The number of carbonyl (C=O) groups is 3. The summed E-state index contributed by atoms with van der Waals surface area (Å²) in [7, 11) is 0. The predicted octanol–water partition coefficient (Wildman–Crippen LogP) is 8.35. The Labute approximate surface area is 276 Å². The molecule has 4 fully saturated rings. The maximum atomic E-state index is 14.3. The van der Waals surface area contributed by atoms with Crippen LogP contribution < -0.4 is 5.32 Å². The minimum absolute atomic E-state index is 0.0000679. The van der Waals surface area contributed by atoms with Crippen LogP contribution in [0, 0.1) is 50.7 Å². The number of Topliss-reactive ketones (excluding diaryl/α,β-unsaturated/α-hetero) is 1. The number of aromatic nitrogens is 2. The number of hydrogen-bond donors (Lipinski definition) is 1. The summed E-state index contributed by atoms with van der Waals surface area (Å²) in [4.78, 5) is 47.7. The number of nitrogens with zero attached hydrogens (tertiary/aromatic N) is 2. The molecule has 47 heavy (non-hydrogen) atoms. The van der Waals surface area contributed by atoms with Crippen LogP contribution in [0.15, 0.2) is 23.4 Å². The number of alkyl halides is 3.